The number of sulfone groups is 1. The van der Waals surface area contributed by atoms with Gasteiger partial charge in [-0.15, -0.1) is 0 Å². The van der Waals surface area contributed by atoms with Gasteiger partial charge in [-0.05, 0) is 54.3 Å². The van der Waals surface area contributed by atoms with E-state index < -0.39 is 15.7 Å². The van der Waals surface area contributed by atoms with Gasteiger partial charge in [0.05, 0.1) is 10.6 Å². The van der Waals surface area contributed by atoms with Crippen LogP contribution >= 0.6 is 0 Å². The summed E-state index contributed by atoms with van der Waals surface area (Å²) in [6.45, 7) is 0.295. The van der Waals surface area contributed by atoms with Crippen LogP contribution in [0.1, 0.15) is 27.9 Å². The Bertz CT molecular complexity index is 845. The molecule has 0 bridgehead atoms. The maximum Gasteiger partial charge on any atom is 0.251 e. The molecule has 0 saturated carbocycles. The van der Waals surface area contributed by atoms with Crippen molar-refractivity contribution in [3.05, 3.63) is 65.0 Å². The Morgan fingerprint density at radius 3 is 2.61 bits per heavy atom. The van der Waals surface area contributed by atoms with Gasteiger partial charge in [0.25, 0.3) is 5.91 Å². The minimum absolute atomic E-state index is 0.195. The second-order valence-corrected chi connectivity index (χ2v) is 7.63. The molecule has 2 aromatic rings. The van der Waals surface area contributed by atoms with E-state index in [4.69, 9.17) is 0 Å². The molecular weight excluding hydrogens is 317 g/mol. The summed E-state index contributed by atoms with van der Waals surface area (Å²) in [6, 6.07) is 10.5. The summed E-state index contributed by atoms with van der Waals surface area (Å²) in [5.41, 5.74) is 2.04. The lowest BCUT2D eigenvalue weighted by molar-refractivity contribution is 0.0951. The molecule has 1 aliphatic heterocycles. The zero-order valence-electron chi connectivity index (χ0n) is 12.4. The maximum atomic E-state index is 12.8. The van der Waals surface area contributed by atoms with E-state index in [0.29, 0.717) is 23.4 Å². The molecule has 23 heavy (non-hydrogen) atoms. The molecule has 2 aromatic carbocycles. The fourth-order valence-electron chi connectivity index (χ4n) is 2.69. The minimum Gasteiger partial charge on any atom is -0.348 e. The average molecular weight is 333 g/mol. The van der Waals surface area contributed by atoms with Crippen molar-refractivity contribution in [3.63, 3.8) is 0 Å². The average Bonchev–Trinajstić information content (AvgIpc) is 2.53. The quantitative estimate of drug-likeness (QED) is 0.938. The van der Waals surface area contributed by atoms with Crippen LogP contribution in [0, 0.1) is 5.82 Å². The summed E-state index contributed by atoms with van der Waals surface area (Å²) in [6.07, 6.45) is 1.36. The van der Waals surface area contributed by atoms with E-state index in [1.165, 1.54) is 24.3 Å². The van der Waals surface area contributed by atoms with E-state index in [-0.39, 0.29) is 11.7 Å². The molecule has 6 heteroatoms. The molecule has 0 atom stereocenters. The summed E-state index contributed by atoms with van der Waals surface area (Å²) in [7, 11) is -3.16. The standard InChI is InChI=1S/C17H16FNO3S/c18-15-6-4-13(5-7-15)17(20)19-11-12-3-8-16-14(10-12)2-1-9-23(16,21)22/h3-8,10H,1-2,9,11H2,(H,19,20). The van der Waals surface area contributed by atoms with Gasteiger partial charge in [-0.2, -0.15) is 0 Å². The summed E-state index contributed by atoms with van der Waals surface area (Å²) in [5.74, 6) is -0.492. The summed E-state index contributed by atoms with van der Waals surface area (Å²) in [5, 5.41) is 2.75. The number of hydrogen-bond donors (Lipinski definition) is 1. The molecule has 0 spiro atoms. The van der Waals surface area contributed by atoms with Crippen LogP contribution in [0.15, 0.2) is 47.4 Å². The number of amides is 1. The Kier molecular flexibility index (Phi) is 4.17. The first-order valence-corrected chi connectivity index (χ1v) is 8.99. The molecule has 4 nitrogen and oxygen atoms in total. The van der Waals surface area contributed by atoms with Crippen molar-refractivity contribution < 1.29 is 17.6 Å². The van der Waals surface area contributed by atoms with Crippen LogP contribution in [0.25, 0.3) is 0 Å². The topological polar surface area (TPSA) is 63.2 Å². The van der Waals surface area contributed by atoms with Crippen molar-refractivity contribution in [1.82, 2.24) is 5.32 Å². The van der Waals surface area contributed by atoms with Gasteiger partial charge < -0.3 is 5.32 Å². The molecule has 1 heterocycles. The van der Waals surface area contributed by atoms with Gasteiger partial charge in [0, 0.05) is 12.1 Å². The third-order valence-corrected chi connectivity index (χ3v) is 5.77. The third kappa shape index (κ3) is 3.42. The molecule has 0 unspecified atom stereocenters. The van der Waals surface area contributed by atoms with E-state index in [1.807, 2.05) is 6.07 Å². The van der Waals surface area contributed by atoms with Crippen LogP contribution in [0.3, 0.4) is 0 Å². The Morgan fingerprint density at radius 1 is 1.13 bits per heavy atom. The summed E-state index contributed by atoms with van der Waals surface area (Å²) < 4.78 is 36.8. The van der Waals surface area contributed by atoms with Crippen molar-refractivity contribution >= 4 is 15.7 Å². The molecule has 0 aromatic heterocycles. The largest absolute Gasteiger partial charge is 0.348 e. The molecule has 1 aliphatic rings. The van der Waals surface area contributed by atoms with Gasteiger partial charge in [0.2, 0.25) is 0 Å². The molecule has 3 rings (SSSR count). The van der Waals surface area contributed by atoms with E-state index in [1.54, 1.807) is 12.1 Å². The molecule has 0 aliphatic carbocycles. The summed E-state index contributed by atoms with van der Waals surface area (Å²) >= 11 is 0. The van der Waals surface area contributed by atoms with Crippen molar-refractivity contribution in [3.8, 4) is 0 Å². The second kappa shape index (κ2) is 6.12. The fourth-order valence-corrected chi connectivity index (χ4v) is 4.27. The number of carbonyl (C=O) groups is 1. The highest BCUT2D eigenvalue weighted by atomic mass is 32.2. The first-order valence-electron chi connectivity index (χ1n) is 7.34. The van der Waals surface area contributed by atoms with Crippen LogP contribution in [0.5, 0.6) is 0 Å². The SMILES string of the molecule is O=C(NCc1ccc2c(c1)CCCS2(=O)=O)c1ccc(F)cc1. The van der Waals surface area contributed by atoms with Gasteiger partial charge in [-0.25, -0.2) is 12.8 Å². The molecular formula is C17H16FNO3S. The predicted molar refractivity (Wildman–Crippen MR) is 84.4 cm³/mol. The van der Waals surface area contributed by atoms with Crippen molar-refractivity contribution in [2.75, 3.05) is 5.75 Å². The first-order chi connectivity index (χ1) is 11.0. The number of nitrogens with one attached hydrogen (secondary N) is 1. The Labute approximate surface area is 134 Å². The smallest absolute Gasteiger partial charge is 0.251 e. The molecule has 0 saturated heterocycles. The third-order valence-electron chi connectivity index (χ3n) is 3.88. The lowest BCUT2D eigenvalue weighted by Crippen LogP contribution is -2.23. The normalized spacial score (nSPS) is 15.7. The van der Waals surface area contributed by atoms with E-state index >= 15 is 0 Å². The zero-order chi connectivity index (χ0) is 16.4. The molecule has 1 N–H and O–H groups in total. The van der Waals surface area contributed by atoms with Gasteiger partial charge in [-0.3, -0.25) is 4.79 Å². The highest BCUT2D eigenvalue weighted by Gasteiger charge is 2.23. The van der Waals surface area contributed by atoms with Crippen LogP contribution in [-0.2, 0) is 22.8 Å². The van der Waals surface area contributed by atoms with Crippen molar-refractivity contribution in [1.29, 1.82) is 0 Å². The number of carbonyl (C=O) groups excluding carboxylic acids is 1. The number of fused-ring (bicyclic) bond motifs is 1. The highest BCUT2D eigenvalue weighted by Crippen LogP contribution is 2.25. The van der Waals surface area contributed by atoms with Crippen LogP contribution in [0.4, 0.5) is 4.39 Å². The predicted octanol–water partition coefficient (Wildman–Crippen LogP) is 2.48. The molecule has 120 valence electrons. The number of benzene rings is 2. The zero-order valence-corrected chi connectivity index (χ0v) is 13.2. The number of halogens is 1. The monoisotopic (exact) mass is 333 g/mol. The van der Waals surface area contributed by atoms with Gasteiger partial charge >= 0.3 is 0 Å². The summed E-state index contributed by atoms with van der Waals surface area (Å²) in [4.78, 5) is 12.4. The molecule has 0 radical (unpaired) electrons. The number of rotatable bonds is 3. The Morgan fingerprint density at radius 2 is 1.87 bits per heavy atom. The van der Waals surface area contributed by atoms with Crippen LogP contribution < -0.4 is 5.32 Å². The Balaban J connectivity index is 1.72. The van der Waals surface area contributed by atoms with Crippen LogP contribution in [0.2, 0.25) is 0 Å². The second-order valence-electron chi connectivity index (χ2n) is 5.55. The van der Waals surface area contributed by atoms with E-state index in [2.05, 4.69) is 5.32 Å². The van der Waals surface area contributed by atoms with Crippen molar-refractivity contribution in [2.24, 2.45) is 0 Å². The van der Waals surface area contributed by atoms with E-state index in [9.17, 15) is 17.6 Å². The molecule has 1 amide bonds. The minimum atomic E-state index is -3.16. The van der Waals surface area contributed by atoms with E-state index in [0.717, 1.165) is 17.5 Å². The van der Waals surface area contributed by atoms with Crippen LogP contribution in [-0.4, -0.2) is 20.1 Å². The first kappa shape index (κ1) is 15.7. The van der Waals surface area contributed by atoms with Gasteiger partial charge in [0.1, 0.15) is 5.82 Å². The maximum absolute atomic E-state index is 12.8. The van der Waals surface area contributed by atoms with Crippen molar-refractivity contribution in [2.45, 2.75) is 24.3 Å². The van der Waals surface area contributed by atoms with Gasteiger partial charge in [-0.1, -0.05) is 12.1 Å². The lowest BCUT2D eigenvalue weighted by atomic mass is 10.1. The Hall–Kier alpha value is -2.21. The lowest BCUT2D eigenvalue weighted by Gasteiger charge is -2.17. The van der Waals surface area contributed by atoms with Gasteiger partial charge in [0.15, 0.2) is 9.84 Å². The highest BCUT2D eigenvalue weighted by molar-refractivity contribution is 7.91. The number of aryl methyl sites for hydroxylation is 1. The molecule has 0 fully saturated rings. The number of hydrogen-bond acceptors (Lipinski definition) is 3. The fraction of sp³-hybridized carbons (Fsp3) is 0.235.